The highest BCUT2D eigenvalue weighted by atomic mass is 35.5. The molecule has 2 N–H and O–H groups in total. The summed E-state index contributed by atoms with van der Waals surface area (Å²) in [6, 6.07) is 18.8. The molecular weight excluding hydrogens is 369 g/mol. The molecule has 0 aliphatic carbocycles. The van der Waals surface area contributed by atoms with Crippen LogP contribution in [0.5, 0.6) is 0 Å². The van der Waals surface area contributed by atoms with Gasteiger partial charge in [-0.05, 0) is 36.2 Å². The third-order valence-corrected chi connectivity index (χ3v) is 4.56. The molecular formula is C20H17Cl2N3O. The summed E-state index contributed by atoms with van der Waals surface area (Å²) >= 11 is 12.1. The van der Waals surface area contributed by atoms with Crippen LogP contribution in [-0.4, -0.2) is 10.9 Å². The largest absolute Gasteiger partial charge is 0.339 e. The van der Waals surface area contributed by atoms with E-state index in [2.05, 4.69) is 15.6 Å². The maximum atomic E-state index is 12.1. The summed E-state index contributed by atoms with van der Waals surface area (Å²) in [5, 5.41) is 6.86. The van der Waals surface area contributed by atoms with Gasteiger partial charge in [0, 0.05) is 6.42 Å². The van der Waals surface area contributed by atoms with Gasteiger partial charge in [-0.25, -0.2) is 4.98 Å². The molecule has 4 nitrogen and oxygen atoms in total. The van der Waals surface area contributed by atoms with Crippen LogP contribution in [0.15, 0.2) is 66.9 Å². The summed E-state index contributed by atoms with van der Waals surface area (Å²) in [5.74, 6) is 0.561. The summed E-state index contributed by atoms with van der Waals surface area (Å²) in [6.45, 7) is 0. The zero-order valence-electron chi connectivity index (χ0n) is 13.9. The molecule has 0 fully saturated rings. The normalized spacial score (nSPS) is 10.4. The number of aryl methyl sites for hydroxylation is 1. The third-order valence-electron chi connectivity index (χ3n) is 3.75. The summed E-state index contributed by atoms with van der Waals surface area (Å²) in [5.41, 5.74) is 2.45. The fourth-order valence-corrected chi connectivity index (χ4v) is 2.75. The molecule has 0 saturated carbocycles. The molecule has 3 aromatic rings. The van der Waals surface area contributed by atoms with E-state index in [-0.39, 0.29) is 5.91 Å². The van der Waals surface area contributed by atoms with E-state index in [0.717, 1.165) is 5.56 Å². The molecule has 0 saturated heterocycles. The minimum absolute atomic E-state index is 0.0470. The molecule has 0 unspecified atom stereocenters. The Hall–Kier alpha value is -2.56. The Labute approximate surface area is 162 Å². The second-order valence-electron chi connectivity index (χ2n) is 5.69. The monoisotopic (exact) mass is 385 g/mol. The van der Waals surface area contributed by atoms with E-state index in [1.54, 1.807) is 30.5 Å². The van der Waals surface area contributed by atoms with Crippen molar-refractivity contribution in [2.24, 2.45) is 0 Å². The highest BCUT2D eigenvalue weighted by molar-refractivity contribution is 6.43. The third kappa shape index (κ3) is 4.97. The van der Waals surface area contributed by atoms with E-state index in [4.69, 9.17) is 23.2 Å². The number of nitrogens with zero attached hydrogens (tertiary/aromatic N) is 1. The Kier molecular flexibility index (Phi) is 6.10. The second-order valence-corrected chi connectivity index (χ2v) is 6.48. The van der Waals surface area contributed by atoms with Gasteiger partial charge < -0.3 is 10.6 Å². The Morgan fingerprint density at radius 3 is 2.50 bits per heavy atom. The van der Waals surface area contributed by atoms with Crippen LogP contribution in [0.4, 0.5) is 17.2 Å². The van der Waals surface area contributed by atoms with Gasteiger partial charge in [-0.2, -0.15) is 0 Å². The average Bonchev–Trinajstić information content (AvgIpc) is 2.66. The molecule has 26 heavy (non-hydrogen) atoms. The zero-order chi connectivity index (χ0) is 18.4. The first-order chi connectivity index (χ1) is 12.6. The standard InChI is InChI=1S/C20H17Cl2N3O/c21-16-7-4-8-17(20(16)22)25-18-11-10-15(13-23-18)24-19(26)12-9-14-5-2-1-3-6-14/h1-8,10-11,13H,9,12H2,(H,23,25)(H,24,26). The van der Waals surface area contributed by atoms with Crippen molar-refractivity contribution in [1.29, 1.82) is 0 Å². The molecule has 0 spiro atoms. The maximum absolute atomic E-state index is 12.1. The first-order valence-electron chi connectivity index (χ1n) is 8.13. The first kappa shape index (κ1) is 18.2. The summed E-state index contributed by atoms with van der Waals surface area (Å²) in [6.07, 6.45) is 2.72. The van der Waals surface area contributed by atoms with Crippen LogP contribution >= 0.6 is 23.2 Å². The molecule has 0 bridgehead atoms. The Bertz CT molecular complexity index is 883. The smallest absolute Gasteiger partial charge is 0.224 e. The number of benzene rings is 2. The second kappa shape index (κ2) is 8.70. The molecule has 0 atom stereocenters. The topological polar surface area (TPSA) is 54.0 Å². The lowest BCUT2D eigenvalue weighted by molar-refractivity contribution is -0.116. The van der Waals surface area contributed by atoms with Crippen molar-refractivity contribution in [1.82, 2.24) is 4.98 Å². The van der Waals surface area contributed by atoms with Crippen LogP contribution < -0.4 is 10.6 Å². The minimum atomic E-state index is -0.0470. The first-order valence-corrected chi connectivity index (χ1v) is 8.88. The van der Waals surface area contributed by atoms with E-state index in [9.17, 15) is 4.79 Å². The molecule has 132 valence electrons. The van der Waals surface area contributed by atoms with Gasteiger partial charge in [0.25, 0.3) is 0 Å². The number of amides is 1. The van der Waals surface area contributed by atoms with Crippen LogP contribution in [0.3, 0.4) is 0 Å². The van der Waals surface area contributed by atoms with E-state index in [1.165, 1.54) is 0 Å². The molecule has 0 radical (unpaired) electrons. The Morgan fingerprint density at radius 1 is 0.962 bits per heavy atom. The van der Waals surface area contributed by atoms with E-state index in [0.29, 0.717) is 40.1 Å². The number of anilines is 3. The van der Waals surface area contributed by atoms with Crippen LogP contribution in [0.25, 0.3) is 0 Å². The van der Waals surface area contributed by atoms with E-state index < -0.39 is 0 Å². The fraction of sp³-hybridized carbons (Fsp3) is 0.100. The molecule has 1 amide bonds. The number of hydrogen-bond donors (Lipinski definition) is 2. The lowest BCUT2D eigenvalue weighted by atomic mass is 10.1. The molecule has 2 aromatic carbocycles. The quantitative estimate of drug-likeness (QED) is 0.571. The fourth-order valence-electron chi connectivity index (χ4n) is 2.41. The maximum Gasteiger partial charge on any atom is 0.224 e. The van der Waals surface area contributed by atoms with Crippen molar-refractivity contribution in [3.63, 3.8) is 0 Å². The van der Waals surface area contributed by atoms with E-state index in [1.807, 2.05) is 36.4 Å². The van der Waals surface area contributed by atoms with Gasteiger partial charge in [0.2, 0.25) is 5.91 Å². The van der Waals surface area contributed by atoms with Gasteiger partial charge in [0.1, 0.15) is 5.82 Å². The lowest BCUT2D eigenvalue weighted by Crippen LogP contribution is -2.12. The Morgan fingerprint density at radius 2 is 1.77 bits per heavy atom. The van der Waals surface area contributed by atoms with Gasteiger partial charge in [-0.15, -0.1) is 0 Å². The van der Waals surface area contributed by atoms with Crippen molar-refractivity contribution in [3.05, 3.63) is 82.5 Å². The highest BCUT2D eigenvalue weighted by Gasteiger charge is 2.06. The van der Waals surface area contributed by atoms with Crippen molar-refractivity contribution >= 4 is 46.3 Å². The SMILES string of the molecule is O=C(CCc1ccccc1)Nc1ccc(Nc2cccc(Cl)c2Cl)nc1. The minimum Gasteiger partial charge on any atom is -0.339 e. The number of halogens is 2. The number of aromatic nitrogens is 1. The summed E-state index contributed by atoms with van der Waals surface area (Å²) < 4.78 is 0. The molecule has 1 heterocycles. The summed E-state index contributed by atoms with van der Waals surface area (Å²) in [4.78, 5) is 16.3. The van der Waals surface area contributed by atoms with Crippen LogP contribution in [0.1, 0.15) is 12.0 Å². The molecule has 1 aromatic heterocycles. The number of carbonyl (C=O) groups excluding carboxylic acids is 1. The van der Waals surface area contributed by atoms with E-state index >= 15 is 0 Å². The highest BCUT2D eigenvalue weighted by Crippen LogP contribution is 2.31. The Balaban J connectivity index is 1.55. The zero-order valence-corrected chi connectivity index (χ0v) is 15.4. The van der Waals surface area contributed by atoms with Crippen LogP contribution in [0, 0.1) is 0 Å². The van der Waals surface area contributed by atoms with Crippen LogP contribution in [-0.2, 0) is 11.2 Å². The van der Waals surface area contributed by atoms with Crippen molar-refractivity contribution in [3.8, 4) is 0 Å². The molecule has 0 aliphatic rings. The average molecular weight is 386 g/mol. The molecule has 6 heteroatoms. The van der Waals surface area contributed by atoms with Gasteiger partial charge in [-0.1, -0.05) is 59.6 Å². The number of nitrogens with one attached hydrogen (secondary N) is 2. The lowest BCUT2D eigenvalue weighted by Gasteiger charge is -2.10. The number of carbonyl (C=O) groups is 1. The van der Waals surface area contributed by atoms with Crippen molar-refractivity contribution < 1.29 is 4.79 Å². The van der Waals surface area contributed by atoms with Crippen LogP contribution in [0.2, 0.25) is 10.0 Å². The van der Waals surface area contributed by atoms with Gasteiger partial charge in [0.15, 0.2) is 0 Å². The van der Waals surface area contributed by atoms with Gasteiger partial charge in [-0.3, -0.25) is 4.79 Å². The van der Waals surface area contributed by atoms with Crippen molar-refractivity contribution in [2.75, 3.05) is 10.6 Å². The number of rotatable bonds is 6. The molecule has 0 aliphatic heterocycles. The molecule has 3 rings (SSSR count). The number of hydrogen-bond acceptors (Lipinski definition) is 3. The summed E-state index contributed by atoms with van der Waals surface area (Å²) in [7, 11) is 0. The number of pyridine rings is 1. The predicted molar refractivity (Wildman–Crippen MR) is 107 cm³/mol. The predicted octanol–water partition coefficient (Wildman–Crippen LogP) is 5.70. The van der Waals surface area contributed by atoms with Gasteiger partial charge in [0.05, 0.1) is 27.6 Å². The van der Waals surface area contributed by atoms with Crippen molar-refractivity contribution in [2.45, 2.75) is 12.8 Å². The van der Waals surface area contributed by atoms with Gasteiger partial charge >= 0.3 is 0 Å².